The lowest BCUT2D eigenvalue weighted by Crippen LogP contribution is -2.25. The van der Waals surface area contributed by atoms with Crippen LogP contribution >= 0.6 is 59.1 Å². The van der Waals surface area contributed by atoms with Crippen LogP contribution in [0.3, 0.4) is 0 Å². The van der Waals surface area contributed by atoms with Gasteiger partial charge in [-0.1, -0.05) is 0 Å². The largest absolute Gasteiger partial charge is 0.452 e. The molecule has 2 rings (SSSR count). The summed E-state index contributed by atoms with van der Waals surface area (Å²) in [7, 11) is 1.75. The molecule has 2 aromatic heterocycles. The smallest absolute Gasteiger partial charge is 0.264 e. The number of nitrogens with zero attached hydrogens (tertiary/aromatic N) is 1. The van der Waals surface area contributed by atoms with E-state index in [1.165, 1.54) is 11.3 Å². The average Bonchev–Trinajstić information content (AvgIpc) is 2.85. The van der Waals surface area contributed by atoms with Gasteiger partial charge in [0.1, 0.15) is 5.76 Å². The quantitative estimate of drug-likeness (QED) is 0.656. The molecule has 0 radical (unpaired) electrons. The minimum absolute atomic E-state index is 0.0288. The zero-order chi connectivity index (χ0) is 13.3. The number of hydrogen-bond donors (Lipinski definition) is 0. The third-order valence-corrected chi connectivity index (χ3v) is 5.89. The van der Waals surface area contributed by atoms with E-state index < -0.39 is 0 Å². The van der Waals surface area contributed by atoms with Crippen molar-refractivity contribution in [3.63, 3.8) is 0 Å². The molecule has 0 saturated carbocycles. The lowest BCUT2D eigenvalue weighted by molar-refractivity contribution is 0.0780. The highest BCUT2D eigenvalue weighted by atomic mass is 79.9. The van der Waals surface area contributed by atoms with Gasteiger partial charge in [-0.2, -0.15) is 0 Å². The van der Waals surface area contributed by atoms with Crippen LogP contribution in [0.15, 0.2) is 35.5 Å². The number of hydrogen-bond acceptors (Lipinski definition) is 3. The van der Waals surface area contributed by atoms with E-state index in [1.807, 2.05) is 18.2 Å². The van der Waals surface area contributed by atoms with E-state index >= 15 is 0 Å². The molecule has 0 aliphatic rings. The van der Waals surface area contributed by atoms with E-state index in [9.17, 15) is 4.79 Å². The third-order valence-electron chi connectivity index (χ3n) is 2.22. The number of halogens is 3. The maximum absolute atomic E-state index is 12.2. The van der Waals surface area contributed by atoms with Crippen LogP contribution in [-0.4, -0.2) is 17.9 Å². The van der Waals surface area contributed by atoms with Crippen molar-refractivity contribution in [2.24, 2.45) is 0 Å². The van der Waals surface area contributed by atoms with Crippen molar-refractivity contribution in [2.75, 3.05) is 7.05 Å². The molecule has 0 N–H and O–H groups in total. The molecule has 2 heterocycles. The molecule has 96 valence electrons. The fourth-order valence-electron chi connectivity index (χ4n) is 1.38. The Labute approximate surface area is 134 Å². The molecular formula is C11H8Br3NO2S. The second kappa shape index (κ2) is 5.90. The topological polar surface area (TPSA) is 33.5 Å². The molecule has 0 saturated heterocycles. The molecule has 0 atom stereocenters. The second-order valence-electron chi connectivity index (χ2n) is 3.60. The summed E-state index contributed by atoms with van der Waals surface area (Å²) in [6, 6.07) is 5.46. The Bertz CT molecular complexity index is 559. The van der Waals surface area contributed by atoms with Crippen LogP contribution in [0.5, 0.6) is 0 Å². The number of thiophene rings is 1. The first kappa shape index (κ1) is 14.3. The molecular weight excluding hydrogens is 450 g/mol. The molecule has 1 amide bonds. The van der Waals surface area contributed by atoms with Gasteiger partial charge in [0, 0.05) is 11.5 Å². The normalized spacial score (nSPS) is 10.7. The maximum atomic E-state index is 12.2. The fourth-order valence-corrected chi connectivity index (χ4v) is 3.75. The first-order chi connectivity index (χ1) is 8.47. The van der Waals surface area contributed by atoms with Gasteiger partial charge in [0.2, 0.25) is 0 Å². The molecule has 3 nitrogen and oxygen atoms in total. The van der Waals surface area contributed by atoms with Crippen LogP contribution < -0.4 is 0 Å². The highest BCUT2D eigenvalue weighted by Crippen LogP contribution is 2.33. The maximum Gasteiger partial charge on any atom is 0.264 e. The standard InChI is InChI=1S/C11H8Br3NO2S/c1-15(5-6-2-3-9(13)17-6)11(16)8-4-7(12)10(14)18-8/h2-4H,5H2,1H3. The van der Waals surface area contributed by atoms with Crippen molar-refractivity contribution in [1.82, 2.24) is 4.90 Å². The van der Waals surface area contributed by atoms with E-state index in [4.69, 9.17) is 4.42 Å². The zero-order valence-electron chi connectivity index (χ0n) is 9.25. The lowest BCUT2D eigenvalue weighted by atomic mass is 10.3. The SMILES string of the molecule is CN(Cc1ccc(Br)o1)C(=O)c1cc(Br)c(Br)s1. The predicted octanol–water partition coefficient (Wildman–Crippen LogP) is 4.90. The third kappa shape index (κ3) is 3.26. The van der Waals surface area contributed by atoms with E-state index in [2.05, 4.69) is 47.8 Å². The number of furan rings is 1. The first-order valence-corrected chi connectivity index (χ1v) is 8.11. The molecule has 0 bridgehead atoms. The van der Waals surface area contributed by atoms with E-state index in [0.29, 0.717) is 16.1 Å². The number of carbonyl (C=O) groups excluding carboxylic acids is 1. The average molecular weight is 458 g/mol. The summed E-state index contributed by atoms with van der Waals surface area (Å²) in [5.41, 5.74) is 0. The van der Waals surface area contributed by atoms with Gasteiger partial charge in [0.05, 0.1) is 15.2 Å². The molecule has 0 aromatic carbocycles. The minimum Gasteiger partial charge on any atom is -0.452 e. The van der Waals surface area contributed by atoms with Crippen LogP contribution in [0.25, 0.3) is 0 Å². The van der Waals surface area contributed by atoms with Crippen LogP contribution in [0.1, 0.15) is 15.4 Å². The molecule has 0 fully saturated rings. The summed E-state index contributed by atoms with van der Waals surface area (Å²) in [5.74, 6) is 0.714. The predicted molar refractivity (Wildman–Crippen MR) is 81.9 cm³/mol. The summed E-state index contributed by atoms with van der Waals surface area (Å²) in [4.78, 5) is 14.5. The Morgan fingerprint density at radius 3 is 2.61 bits per heavy atom. The molecule has 7 heteroatoms. The summed E-state index contributed by atoms with van der Waals surface area (Å²) in [6.45, 7) is 0.442. The Hall–Kier alpha value is -0.110. The van der Waals surface area contributed by atoms with E-state index in [-0.39, 0.29) is 5.91 Å². The summed E-state index contributed by atoms with van der Waals surface area (Å²) in [5, 5.41) is 0. The molecule has 2 aromatic rings. The lowest BCUT2D eigenvalue weighted by Gasteiger charge is -2.14. The minimum atomic E-state index is -0.0288. The van der Waals surface area contributed by atoms with Crippen molar-refractivity contribution >= 4 is 65.0 Å². The van der Waals surface area contributed by atoms with Crippen molar-refractivity contribution in [2.45, 2.75) is 6.54 Å². The van der Waals surface area contributed by atoms with E-state index in [0.717, 1.165) is 14.0 Å². The highest BCUT2D eigenvalue weighted by molar-refractivity contribution is 9.13. The van der Waals surface area contributed by atoms with Crippen LogP contribution in [-0.2, 0) is 6.54 Å². The van der Waals surface area contributed by atoms with Crippen molar-refractivity contribution in [1.29, 1.82) is 0 Å². The summed E-state index contributed by atoms with van der Waals surface area (Å²) >= 11 is 11.4. The Balaban J connectivity index is 2.09. The summed E-state index contributed by atoms with van der Waals surface area (Å²) < 4.78 is 7.85. The number of carbonyl (C=O) groups is 1. The second-order valence-corrected chi connectivity index (χ2v) is 7.61. The van der Waals surface area contributed by atoms with E-state index in [1.54, 1.807) is 11.9 Å². The Morgan fingerprint density at radius 1 is 1.39 bits per heavy atom. The number of rotatable bonds is 3. The van der Waals surface area contributed by atoms with Gasteiger partial charge < -0.3 is 9.32 Å². The van der Waals surface area contributed by atoms with Gasteiger partial charge in [-0.05, 0) is 66.0 Å². The van der Waals surface area contributed by atoms with Crippen LogP contribution in [0.4, 0.5) is 0 Å². The summed E-state index contributed by atoms with van der Waals surface area (Å²) in [6.07, 6.45) is 0. The van der Waals surface area contributed by atoms with Crippen molar-refractivity contribution in [3.8, 4) is 0 Å². The molecule has 0 aliphatic carbocycles. The highest BCUT2D eigenvalue weighted by Gasteiger charge is 2.17. The van der Waals surface area contributed by atoms with Crippen molar-refractivity contribution in [3.05, 3.63) is 41.8 Å². The fraction of sp³-hybridized carbons (Fsp3) is 0.182. The Kier molecular flexibility index (Phi) is 4.69. The Morgan fingerprint density at radius 2 is 2.11 bits per heavy atom. The molecule has 0 unspecified atom stereocenters. The van der Waals surface area contributed by atoms with Gasteiger partial charge in [-0.15, -0.1) is 11.3 Å². The number of amides is 1. The molecule has 0 spiro atoms. The van der Waals surface area contributed by atoms with Gasteiger partial charge in [-0.25, -0.2) is 0 Å². The van der Waals surface area contributed by atoms with Crippen LogP contribution in [0.2, 0.25) is 0 Å². The zero-order valence-corrected chi connectivity index (χ0v) is 14.8. The van der Waals surface area contributed by atoms with Crippen LogP contribution in [0, 0.1) is 0 Å². The monoisotopic (exact) mass is 455 g/mol. The van der Waals surface area contributed by atoms with Gasteiger partial charge in [0.25, 0.3) is 5.91 Å². The van der Waals surface area contributed by atoms with Gasteiger partial charge in [-0.3, -0.25) is 4.79 Å². The van der Waals surface area contributed by atoms with Crippen molar-refractivity contribution < 1.29 is 9.21 Å². The molecule has 18 heavy (non-hydrogen) atoms. The van der Waals surface area contributed by atoms with Gasteiger partial charge in [0.15, 0.2) is 4.67 Å². The molecule has 0 aliphatic heterocycles. The first-order valence-electron chi connectivity index (χ1n) is 4.92. The van der Waals surface area contributed by atoms with Gasteiger partial charge >= 0.3 is 0 Å².